The van der Waals surface area contributed by atoms with Crippen LogP contribution < -0.4 is 0 Å². The SMILES string of the molecule is CC(C)C1CC[C@H](C)[C@H](O[C]=O)C1. The Morgan fingerprint density at radius 2 is 2.08 bits per heavy atom. The second-order valence-corrected chi connectivity index (χ2v) is 4.53. The Morgan fingerprint density at radius 3 is 2.62 bits per heavy atom. The summed E-state index contributed by atoms with van der Waals surface area (Å²) in [5.41, 5.74) is 0. The van der Waals surface area contributed by atoms with E-state index in [0.29, 0.717) is 11.8 Å². The Hall–Kier alpha value is -0.530. The molecule has 1 unspecified atom stereocenters. The van der Waals surface area contributed by atoms with Gasteiger partial charge in [0, 0.05) is 0 Å². The molecule has 2 heteroatoms. The Kier molecular flexibility index (Phi) is 3.76. The minimum atomic E-state index is 0.110. The van der Waals surface area contributed by atoms with Gasteiger partial charge in [-0.15, -0.1) is 0 Å². The highest BCUT2D eigenvalue weighted by Crippen LogP contribution is 2.34. The molecule has 1 rings (SSSR count). The Bertz CT molecular complexity index is 165. The molecular formula is C11H19O2. The van der Waals surface area contributed by atoms with Gasteiger partial charge in [-0.1, -0.05) is 20.8 Å². The molecule has 1 aliphatic rings. The quantitative estimate of drug-likeness (QED) is 0.672. The monoisotopic (exact) mass is 183 g/mol. The molecule has 75 valence electrons. The largest absolute Gasteiger partial charge is 0.454 e. The van der Waals surface area contributed by atoms with Crippen LogP contribution >= 0.6 is 0 Å². The molecule has 0 heterocycles. The van der Waals surface area contributed by atoms with Gasteiger partial charge >= 0.3 is 6.47 Å². The fraction of sp³-hybridized carbons (Fsp3) is 0.909. The van der Waals surface area contributed by atoms with Gasteiger partial charge in [0.1, 0.15) is 6.10 Å². The number of hydrogen-bond acceptors (Lipinski definition) is 2. The first-order valence-corrected chi connectivity index (χ1v) is 5.18. The second-order valence-electron chi connectivity index (χ2n) is 4.53. The summed E-state index contributed by atoms with van der Waals surface area (Å²) < 4.78 is 4.97. The van der Waals surface area contributed by atoms with E-state index < -0.39 is 0 Å². The summed E-state index contributed by atoms with van der Waals surface area (Å²) >= 11 is 0. The van der Waals surface area contributed by atoms with E-state index in [1.807, 2.05) is 0 Å². The summed E-state index contributed by atoms with van der Waals surface area (Å²) in [5.74, 6) is 1.93. The zero-order valence-corrected chi connectivity index (χ0v) is 8.75. The maximum absolute atomic E-state index is 10.1. The van der Waals surface area contributed by atoms with E-state index >= 15 is 0 Å². The van der Waals surface area contributed by atoms with Crippen LogP contribution in [-0.2, 0) is 9.53 Å². The summed E-state index contributed by atoms with van der Waals surface area (Å²) in [5, 5.41) is 0. The standard InChI is InChI=1S/C11H19O2/c1-8(2)10-5-4-9(3)11(6-10)13-7-12/h8-11H,4-6H2,1-3H3/t9-,10?,11+/m0/s1. The third-order valence-corrected chi connectivity index (χ3v) is 3.30. The van der Waals surface area contributed by atoms with Crippen molar-refractivity contribution in [3.05, 3.63) is 0 Å². The molecule has 0 amide bonds. The third kappa shape index (κ3) is 2.71. The van der Waals surface area contributed by atoms with Crippen LogP contribution in [0.25, 0.3) is 0 Å². The van der Waals surface area contributed by atoms with Crippen molar-refractivity contribution < 1.29 is 9.53 Å². The highest BCUT2D eigenvalue weighted by atomic mass is 16.5. The summed E-state index contributed by atoms with van der Waals surface area (Å²) in [6.07, 6.45) is 3.58. The topological polar surface area (TPSA) is 26.3 Å². The van der Waals surface area contributed by atoms with E-state index in [4.69, 9.17) is 4.74 Å². The van der Waals surface area contributed by atoms with E-state index in [-0.39, 0.29) is 6.10 Å². The molecule has 1 fully saturated rings. The molecule has 0 aromatic heterocycles. The summed E-state index contributed by atoms with van der Waals surface area (Å²) in [6, 6.07) is 0. The van der Waals surface area contributed by atoms with Crippen LogP contribution in [0, 0.1) is 17.8 Å². The zero-order chi connectivity index (χ0) is 9.84. The van der Waals surface area contributed by atoms with Crippen molar-refractivity contribution >= 4 is 6.47 Å². The van der Waals surface area contributed by atoms with Gasteiger partial charge in [-0.3, -0.25) is 0 Å². The number of rotatable bonds is 3. The molecule has 1 aliphatic carbocycles. The number of hydrogen-bond donors (Lipinski definition) is 0. The van der Waals surface area contributed by atoms with E-state index in [1.54, 1.807) is 6.47 Å². The Morgan fingerprint density at radius 1 is 1.38 bits per heavy atom. The van der Waals surface area contributed by atoms with Crippen LogP contribution in [0.5, 0.6) is 0 Å². The average molecular weight is 183 g/mol. The predicted octanol–water partition coefficient (Wildman–Crippen LogP) is 2.53. The lowest BCUT2D eigenvalue weighted by molar-refractivity contribution is 0.0484. The van der Waals surface area contributed by atoms with Crippen LogP contribution in [0.2, 0.25) is 0 Å². The van der Waals surface area contributed by atoms with Gasteiger partial charge in [0.05, 0.1) is 0 Å². The molecule has 0 N–H and O–H groups in total. The van der Waals surface area contributed by atoms with Gasteiger partial charge in [-0.05, 0) is 37.0 Å². The van der Waals surface area contributed by atoms with E-state index in [9.17, 15) is 4.79 Å². The van der Waals surface area contributed by atoms with Gasteiger partial charge in [0.2, 0.25) is 0 Å². The Labute approximate surface area is 80.7 Å². The molecule has 13 heavy (non-hydrogen) atoms. The van der Waals surface area contributed by atoms with Crippen LogP contribution in [0.15, 0.2) is 0 Å². The van der Waals surface area contributed by atoms with Crippen molar-refractivity contribution in [3.8, 4) is 0 Å². The fourth-order valence-electron chi connectivity index (χ4n) is 2.14. The van der Waals surface area contributed by atoms with Gasteiger partial charge in [-0.2, -0.15) is 0 Å². The Balaban J connectivity index is 2.47. The average Bonchev–Trinajstić information content (AvgIpc) is 2.08. The lowest BCUT2D eigenvalue weighted by atomic mass is 9.76. The fourth-order valence-corrected chi connectivity index (χ4v) is 2.14. The van der Waals surface area contributed by atoms with Crippen molar-refractivity contribution in [1.29, 1.82) is 0 Å². The van der Waals surface area contributed by atoms with E-state index in [1.165, 1.54) is 12.8 Å². The summed E-state index contributed by atoms with van der Waals surface area (Å²) in [7, 11) is 0. The first-order valence-electron chi connectivity index (χ1n) is 5.18. The molecule has 0 aliphatic heterocycles. The van der Waals surface area contributed by atoms with Crippen molar-refractivity contribution in [3.63, 3.8) is 0 Å². The zero-order valence-electron chi connectivity index (χ0n) is 8.75. The molecule has 0 saturated heterocycles. The van der Waals surface area contributed by atoms with Gasteiger partial charge in [-0.25, -0.2) is 4.79 Å². The van der Waals surface area contributed by atoms with Gasteiger partial charge in [0.25, 0.3) is 0 Å². The second kappa shape index (κ2) is 4.64. The summed E-state index contributed by atoms with van der Waals surface area (Å²) in [4.78, 5) is 10.1. The molecular weight excluding hydrogens is 164 g/mol. The molecule has 0 aromatic rings. The van der Waals surface area contributed by atoms with Crippen LogP contribution in [0.1, 0.15) is 40.0 Å². The normalized spacial score (nSPS) is 34.6. The van der Waals surface area contributed by atoms with Crippen LogP contribution in [0.4, 0.5) is 0 Å². The maximum atomic E-state index is 10.1. The highest BCUT2D eigenvalue weighted by Gasteiger charge is 2.30. The highest BCUT2D eigenvalue weighted by molar-refractivity contribution is 5.38. The third-order valence-electron chi connectivity index (χ3n) is 3.30. The lowest BCUT2D eigenvalue weighted by Gasteiger charge is -2.34. The van der Waals surface area contributed by atoms with E-state index in [0.717, 1.165) is 12.3 Å². The van der Waals surface area contributed by atoms with Gasteiger partial charge < -0.3 is 4.74 Å². The maximum Gasteiger partial charge on any atom is 0.417 e. The minimum absolute atomic E-state index is 0.110. The number of carbonyl (C=O) groups excluding carboxylic acids is 1. The van der Waals surface area contributed by atoms with Gasteiger partial charge in [0.15, 0.2) is 0 Å². The molecule has 0 aromatic carbocycles. The van der Waals surface area contributed by atoms with Crippen molar-refractivity contribution in [1.82, 2.24) is 0 Å². The van der Waals surface area contributed by atoms with E-state index in [2.05, 4.69) is 20.8 Å². The lowest BCUT2D eigenvalue weighted by Crippen LogP contribution is -2.31. The molecule has 0 spiro atoms. The van der Waals surface area contributed by atoms with Crippen molar-refractivity contribution in [2.75, 3.05) is 0 Å². The molecule has 2 nitrogen and oxygen atoms in total. The molecule has 0 bridgehead atoms. The predicted molar refractivity (Wildman–Crippen MR) is 51.9 cm³/mol. The number of ether oxygens (including phenoxy) is 1. The van der Waals surface area contributed by atoms with Crippen molar-refractivity contribution in [2.45, 2.75) is 46.1 Å². The first kappa shape index (κ1) is 10.6. The molecule has 1 saturated carbocycles. The first-order chi connectivity index (χ1) is 6.15. The molecule has 1 radical (unpaired) electrons. The van der Waals surface area contributed by atoms with Crippen molar-refractivity contribution in [2.24, 2.45) is 17.8 Å². The minimum Gasteiger partial charge on any atom is -0.454 e. The summed E-state index contributed by atoms with van der Waals surface area (Å²) in [6.45, 7) is 8.21. The van der Waals surface area contributed by atoms with Crippen LogP contribution in [-0.4, -0.2) is 12.6 Å². The molecule has 3 atom stereocenters. The van der Waals surface area contributed by atoms with Crippen LogP contribution in [0.3, 0.4) is 0 Å². The smallest absolute Gasteiger partial charge is 0.417 e.